The van der Waals surface area contributed by atoms with E-state index in [-0.39, 0.29) is 5.91 Å². The highest BCUT2D eigenvalue weighted by Crippen LogP contribution is 2.27. The van der Waals surface area contributed by atoms with Gasteiger partial charge >= 0.3 is 0 Å². The van der Waals surface area contributed by atoms with Gasteiger partial charge in [-0.1, -0.05) is 24.3 Å². The number of ether oxygens (including phenoxy) is 2. The molecule has 6 nitrogen and oxygen atoms in total. The Labute approximate surface area is 178 Å². The molecular weight excluding hydrogens is 398 g/mol. The summed E-state index contributed by atoms with van der Waals surface area (Å²) in [5.74, 6) is 1.35. The number of amides is 1. The Balaban J connectivity index is 1.47. The maximum Gasteiger partial charge on any atom is 0.285 e. The van der Waals surface area contributed by atoms with E-state index in [4.69, 9.17) is 15.2 Å². The minimum atomic E-state index is -0.276. The van der Waals surface area contributed by atoms with Gasteiger partial charge in [0.1, 0.15) is 11.5 Å². The molecule has 1 aliphatic heterocycles. The summed E-state index contributed by atoms with van der Waals surface area (Å²) in [7, 11) is 1.66. The number of allylic oxidation sites excluding steroid dienone is 1. The first kappa shape index (κ1) is 20.0. The smallest absolute Gasteiger partial charge is 0.285 e. The fourth-order valence-corrected chi connectivity index (χ4v) is 3.86. The molecule has 152 valence electrons. The second kappa shape index (κ2) is 9.00. The number of pyridine rings is 1. The molecule has 0 spiro atoms. The molecule has 0 saturated carbocycles. The third-order valence-electron chi connectivity index (χ3n) is 4.71. The number of thioether (sulfide) groups is 1. The highest BCUT2D eigenvalue weighted by Gasteiger charge is 2.18. The minimum Gasteiger partial charge on any atom is -0.497 e. The first-order chi connectivity index (χ1) is 14.6. The first-order valence-corrected chi connectivity index (χ1v) is 10.3. The van der Waals surface area contributed by atoms with Gasteiger partial charge in [0.15, 0.2) is 5.17 Å². The lowest BCUT2D eigenvalue weighted by atomic mass is 10.1. The standard InChI is InChI=1S/C23H21N3O3S/c1-28-17-4-2-3-15(13-17)10-12-29-20-9-11-25-19-7-5-16(14-18(19)20)6-8-21-22(27)26-23(24)30-21/h2-5,7-9,11,13-14H,6,10,12H2,1H3,(H2,24,26,27)/b21-8-. The molecule has 2 N–H and O–H groups in total. The van der Waals surface area contributed by atoms with Crippen LogP contribution < -0.4 is 15.2 Å². The number of methoxy groups -OCH3 is 1. The number of aliphatic imine (C=N–C) groups is 1. The summed E-state index contributed by atoms with van der Waals surface area (Å²) in [4.78, 5) is 20.5. The highest BCUT2D eigenvalue weighted by molar-refractivity contribution is 8.18. The van der Waals surface area contributed by atoms with Crippen LogP contribution in [0.3, 0.4) is 0 Å². The zero-order valence-electron chi connectivity index (χ0n) is 16.5. The summed E-state index contributed by atoms with van der Waals surface area (Å²) in [5, 5.41) is 1.24. The number of nitrogens with two attached hydrogens (primary N) is 1. The number of fused-ring (bicyclic) bond motifs is 1. The lowest BCUT2D eigenvalue weighted by Gasteiger charge is -2.10. The topological polar surface area (TPSA) is 86.8 Å². The van der Waals surface area contributed by atoms with E-state index in [1.165, 1.54) is 11.8 Å². The summed E-state index contributed by atoms with van der Waals surface area (Å²) in [6.45, 7) is 0.544. The molecule has 0 radical (unpaired) electrons. The van der Waals surface area contributed by atoms with Gasteiger partial charge in [-0.15, -0.1) is 0 Å². The molecule has 0 aliphatic carbocycles. The summed E-state index contributed by atoms with van der Waals surface area (Å²) in [6.07, 6.45) is 4.98. The van der Waals surface area contributed by atoms with Crippen molar-refractivity contribution in [3.8, 4) is 11.5 Å². The van der Waals surface area contributed by atoms with E-state index in [1.54, 1.807) is 13.3 Å². The normalized spacial score (nSPS) is 14.9. The second-order valence-electron chi connectivity index (χ2n) is 6.74. The Bertz CT molecular complexity index is 1160. The molecule has 0 saturated heterocycles. The molecule has 2 heterocycles. The molecule has 0 unspecified atom stereocenters. The predicted octanol–water partition coefficient (Wildman–Crippen LogP) is 3.88. The van der Waals surface area contributed by atoms with Crippen molar-refractivity contribution in [2.45, 2.75) is 12.8 Å². The zero-order valence-corrected chi connectivity index (χ0v) is 17.3. The van der Waals surface area contributed by atoms with Gasteiger partial charge in [-0.2, -0.15) is 4.99 Å². The largest absolute Gasteiger partial charge is 0.497 e. The van der Waals surface area contributed by atoms with E-state index >= 15 is 0 Å². The number of hydrogen-bond acceptors (Lipinski definition) is 6. The molecule has 30 heavy (non-hydrogen) atoms. The SMILES string of the molecule is COc1cccc(CCOc2ccnc3ccc(C/C=C4\SC(N)=NC4=O)cc23)c1. The van der Waals surface area contributed by atoms with E-state index in [2.05, 4.69) is 22.1 Å². The summed E-state index contributed by atoms with van der Waals surface area (Å²) in [6, 6.07) is 15.9. The molecule has 2 aromatic carbocycles. The lowest BCUT2D eigenvalue weighted by molar-refractivity contribution is -0.113. The third-order valence-corrected chi connectivity index (χ3v) is 5.57. The summed E-state index contributed by atoms with van der Waals surface area (Å²) in [5.41, 5.74) is 8.68. The van der Waals surface area contributed by atoms with Crippen LogP contribution in [0.4, 0.5) is 0 Å². The van der Waals surface area contributed by atoms with Gasteiger partial charge in [-0.05, 0) is 59.6 Å². The fraction of sp³-hybridized carbons (Fsp3) is 0.174. The molecule has 1 aliphatic rings. The number of nitrogens with zero attached hydrogens (tertiary/aromatic N) is 2. The number of hydrogen-bond donors (Lipinski definition) is 1. The lowest BCUT2D eigenvalue weighted by Crippen LogP contribution is -2.02. The van der Waals surface area contributed by atoms with Crippen LogP contribution in [0.5, 0.6) is 11.5 Å². The molecule has 0 fully saturated rings. The minimum absolute atomic E-state index is 0.276. The molecule has 1 aromatic heterocycles. The van der Waals surface area contributed by atoms with E-state index in [0.717, 1.165) is 39.9 Å². The van der Waals surface area contributed by atoms with Crippen LogP contribution in [0, 0.1) is 0 Å². The van der Waals surface area contributed by atoms with E-state index in [1.807, 2.05) is 42.5 Å². The van der Waals surface area contributed by atoms with Gasteiger partial charge in [0.2, 0.25) is 0 Å². The van der Waals surface area contributed by atoms with E-state index in [9.17, 15) is 4.79 Å². The van der Waals surface area contributed by atoms with Crippen molar-refractivity contribution in [3.63, 3.8) is 0 Å². The molecular formula is C23H21N3O3S. The number of carbonyl (C=O) groups is 1. The van der Waals surface area contributed by atoms with Crippen LogP contribution >= 0.6 is 11.8 Å². The molecule has 1 amide bonds. The Kier molecular flexibility index (Phi) is 5.99. The molecule has 4 rings (SSSR count). The molecule has 0 atom stereocenters. The van der Waals surface area contributed by atoms with E-state index in [0.29, 0.717) is 23.1 Å². The zero-order chi connectivity index (χ0) is 20.9. The van der Waals surface area contributed by atoms with Gasteiger partial charge in [0.25, 0.3) is 5.91 Å². The Morgan fingerprint density at radius 1 is 1.13 bits per heavy atom. The van der Waals surface area contributed by atoms with Gasteiger partial charge in [-0.3, -0.25) is 9.78 Å². The van der Waals surface area contributed by atoms with Crippen molar-refractivity contribution in [2.24, 2.45) is 10.7 Å². The maximum absolute atomic E-state index is 11.8. The van der Waals surface area contributed by atoms with Gasteiger partial charge < -0.3 is 15.2 Å². The van der Waals surface area contributed by atoms with Crippen molar-refractivity contribution in [1.82, 2.24) is 4.98 Å². The Hall–Kier alpha value is -3.32. The van der Waals surface area contributed by atoms with Crippen LogP contribution in [0.1, 0.15) is 11.1 Å². The molecule has 7 heteroatoms. The van der Waals surface area contributed by atoms with Crippen LogP contribution in [0.25, 0.3) is 10.9 Å². The number of amidine groups is 1. The quantitative estimate of drug-likeness (QED) is 0.585. The van der Waals surface area contributed by atoms with Crippen LogP contribution in [0.15, 0.2) is 70.7 Å². The number of carbonyl (C=O) groups excluding carboxylic acids is 1. The maximum atomic E-state index is 11.8. The second-order valence-corrected chi connectivity index (χ2v) is 7.80. The predicted molar refractivity (Wildman–Crippen MR) is 120 cm³/mol. The van der Waals surface area contributed by atoms with Gasteiger partial charge in [-0.25, -0.2) is 0 Å². The summed E-state index contributed by atoms with van der Waals surface area (Å²) < 4.78 is 11.3. The van der Waals surface area contributed by atoms with Crippen LogP contribution in [0.2, 0.25) is 0 Å². The number of rotatable bonds is 7. The number of aromatic nitrogens is 1. The van der Waals surface area contributed by atoms with Gasteiger partial charge in [0.05, 0.1) is 24.1 Å². The van der Waals surface area contributed by atoms with Crippen molar-refractivity contribution in [3.05, 3.63) is 76.8 Å². The highest BCUT2D eigenvalue weighted by atomic mass is 32.2. The van der Waals surface area contributed by atoms with Gasteiger partial charge in [0, 0.05) is 18.0 Å². The fourth-order valence-electron chi connectivity index (χ4n) is 3.20. The van der Waals surface area contributed by atoms with Crippen molar-refractivity contribution in [2.75, 3.05) is 13.7 Å². The van der Waals surface area contributed by atoms with Crippen LogP contribution in [-0.2, 0) is 17.6 Å². The van der Waals surface area contributed by atoms with Crippen molar-refractivity contribution in [1.29, 1.82) is 0 Å². The summed E-state index contributed by atoms with van der Waals surface area (Å²) >= 11 is 1.20. The monoisotopic (exact) mass is 419 g/mol. The van der Waals surface area contributed by atoms with Crippen LogP contribution in [-0.4, -0.2) is 29.8 Å². The Morgan fingerprint density at radius 3 is 2.83 bits per heavy atom. The third kappa shape index (κ3) is 4.63. The average molecular weight is 420 g/mol. The Morgan fingerprint density at radius 2 is 2.03 bits per heavy atom. The first-order valence-electron chi connectivity index (χ1n) is 9.52. The molecule has 3 aromatic rings. The number of benzene rings is 2. The van der Waals surface area contributed by atoms with Crippen molar-refractivity contribution < 1.29 is 14.3 Å². The van der Waals surface area contributed by atoms with E-state index < -0.39 is 0 Å². The van der Waals surface area contributed by atoms with Crippen molar-refractivity contribution >= 4 is 33.7 Å². The molecule has 0 bridgehead atoms. The average Bonchev–Trinajstić information content (AvgIpc) is 3.09.